The van der Waals surface area contributed by atoms with Gasteiger partial charge in [0.25, 0.3) is 0 Å². The molecule has 0 spiro atoms. The van der Waals surface area contributed by atoms with Crippen molar-refractivity contribution >= 4 is 85.6 Å². The van der Waals surface area contributed by atoms with Crippen molar-refractivity contribution in [1.29, 1.82) is 0 Å². The molecule has 0 aliphatic carbocycles. The van der Waals surface area contributed by atoms with E-state index in [-0.39, 0.29) is 0 Å². The van der Waals surface area contributed by atoms with Gasteiger partial charge in [-0.15, -0.1) is 0 Å². The van der Waals surface area contributed by atoms with Gasteiger partial charge in [0, 0.05) is 6.08 Å². The monoisotopic (exact) mass is 596 g/mol. The lowest BCUT2D eigenvalue weighted by molar-refractivity contribution is -0.140. The summed E-state index contributed by atoms with van der Waals surface area (Å²) in [5.74, 6) is 0.0512. The third kappa shape index (κ3) is 5.44. The van der Waals surface area contributed by atoms with Crippen LogP contribution in [0.3, 0.4) is 0 Å². The van der Waals surface area contributed by atoms with E-state index >= 15 is 0 Å². The zero-order valence-corrected chi connectivity index (χ0v) is 17.8. The number of carbonyl (C=O) groups is 1. The molecule has 20 heavy (non-hydrogen) atoms. The highest BCUT2D eigenvalue weighted by Gasteiger charge is 2.49. The Morgan fingerprint density at radius 3 is 2.20 bits per heavy atom. The molecular formula is C12H9Br5O3. The van der Waals surface area contributed by atoms with Gasteiger partial charge in [-0.25, -0.2) is 4.79 Å². The standard InChI is InChI=1S/C12H9Br5O3/c1-2-9(18)20-12(16,17)10(13)11(14,15)19-8-6-4-3-5-7-8/h2-7,10H,1H2. The summed E-state index contributed by atoms with van der Waals surface area (Å²) in [6, 6.07) is 9.19. The predicted molar refractivity (Wildman–Crippen MR) is 97.2 cm³/mol. The first-order valence-corrected chi connectivity index (χ1v) is 9.27. The van der Waals surface area contributed by atoms with Crippen molar-refractivity contribution in [3.63, 3.8) is 0 Å². The Bertz CT molecular complexity index is 475. The SMILES string of the molecule is C=CC(=O)OC(Br)(Br)C(Br)C(Br)(Br)Oc1ccccc1. The number of alkyl halides is 5. The van der Waals surface area contributed by atoms with Gasteiger partial charge in [0.15, 0.2) is 0 Å². The molecule has 0 bridgehead atoms. The van der Waals surface area contributed by atoms with E-state index in [0.717, 1.165) is 6.08 Å². The van der Waals surface area contributed by atoms with E-state index in [2.05, 4.69) is 86.2 Å². The van der Waals surface area contributed by atoms with Crippen molar-refractivity contribution in [1.82, 2.24) is 0 Å². The van der Waals surface area contributed by atoms with Gasteiger partial charge in [0.05, 0.1) is 0 Å². The van der Waals surface area contributed by atoms with Crippen LogP contribution in [0.5, 0.6) is 5.75 Å². The molecule has 110 valence electrons. The van der Waals surface area contributed by atoms with E-state index in [1.807, 2.05) is 18.2 Å². The van der Waals surface area contributed by atoms with Crippen LogP contribution in [-0.2, 0) is 9.53 Å². The summed E-state index contributed by atoms with van der Waals surface area (Å²) in [6.45, 7) is 3.35. The number of ether oxygens (including phenoxy) is 2. The molecule has 0 N–H and O–H groups in total. The summed E-state index contributed by atoms with van der Waals surface area (Å²) in [4.78, 5) is 10.8. The summed E-state index contributed by atoms with van der Waals surface area (Å²) in [7, 11) is 0. The molecule has 1 aromatic rings. The summed E-state index contributed by atoms with van der Waals surface area (Å²) in [6.07, 6.45) is 1.07. The topological polar surface area (TPSA) is 35.5 Å². The molecule has 0 saturated heterocycles. The Balaban J connectivity index is 2.84. The number of rotatable bonds is 6. The summed E-state index contributed by atoms with van der Waals surface area (Å²) < 4.78 is 8.70. The second-order valence-corrected chi connectivity index (χ2v) is 11.3. The quantitative estimate of drug-likeness (QED) is 0.248. The second kappa shape index (κ2) is 7.76. The van der Waals surface area contributed by atoms with E-state index in [0.29, 0.717) is 5.75 Å². The molecular weight excluding hydrogens is 592 g/mol. The molecule has 1 atom stereocenters. The van der Waals surface area contributed by atoms with Crippen molar-refractivity contribution < 1.29 is 14.3 Å². The van der Waals surface area contributed by atoms with Crippen LogP contribution in [0.2, 0.25) is 0 Å². The molecule has 1 rings (SSSR count). The van der Waals surface area contributed by atoms with Gasteiger partial charge in [-0.1, -0.05) is 40.7 Å². The van der Waals surface area contributed by atoms with Crippen LogP contribution in [0, 0.1) is 0 Å². The molecule has 8 heteroatoms. The third-order valence-electron chi connectivity index (χ3n) is 1.99. The van der Waals surface area contributed by atoms with Crippen molar-refractivity contribution in [2.75, 3.05) is 0 Å². The van der Waals surface area contributed by atoms with Crippen molar-refractivity contribution in [2.24, 2.45) is 0 Å². The Labute approximate surface area is 159 Å². The highest BCUT2D eigenvalue weighted by atomic mass is 79.9. The number of benzene rings is 1. The van der Waals surface area contributed by atoms with Gasteiger partial charge in [0.2, 0.25) is 6.84 Å². The Kier molecular flexibility index (Phi) is 7.25. The Hall–Kier alpha value is 0.630. The summed E-state index contributed by atoms with van der Waals surface area (Å²) >= 11 is 16.8. The zero-order chi connectivity index (χ0) is 15.4. The minimum atomic E-state index is -1.20. The van der Waals surface area contributed by atoms with Gasteiger partial charge in [0.1, 0.15) is 10.6 Å². The maximum atomic E-state index is 11.3. The van der Waals surface area contributed by atoms with Crippen LogP contribution in [0.4, 0.5) is 0 Å². The lowest BCUT2D eigenvalue weighted by atomic mass is 10.3. The zero-order valence-electron chi connectivity index (χ0n) is 9.86. The molecule has 1 unspecified atom stereocenters. The van der Waals surface area contributed by atoms with Gasteiger partial charge >= 0.3 is 5.97 Å². The second-order valence-electron chi connectivity index (χ2n) is 3.53. The highest BCUT2D eigenvalue weighted by molar-refractivity contribution is 9.27. The van der Waals surface area contributed by atoms with Gasteiger partial charge in [-0.3, -0.25) is 0 Å². The molecule has 0 saturated carbocycles. The largest absolute Gasteiger partial charge is 0.465 e. The first-order valence-electron chi connectivity index (χ1n) is 5.18. The number of hydrogen-bond donors (Lipinski definition) is 0. The number of halogens is 5. The lowest BCUT2D eigenvalue weighted by Gasteiger charge is -2.34. The molecule has 0 aromatic heterocycles. The van der Waals surface area contributed by atoms with Gasteiger partial charge in [-0.05, 0) is 75.9 Å². The fourth-order valence-electron chi connectivity index (χ4n) is 1.12. The number of esters is 1. The first kappa shape index (κ1) is 18.7. The van der Waals surface area contributed by atoms with Crippen molar-refractivity contribution in [3.05, 3.63) is 43.0 Å². The minimum absolute atomic E-state index is 0.536. The normalized spacial score (nSPS) is 13.4. The van der Waals surface area contributed by atoms with Crippen molar-refractivity contribution in [2.45, 2.75) is 11.7 Å². The summed E-state index contributed by atoms with van der Waals surface area (Å²) in [5.41, 5.74) is 0. The van der Waals surface area contributed by atoms with E-state index < -0.39 is 17.6 Å². The molecule has 0 aliphatic heterocycles. The lowest BCUT2D eigenvalue weighted by Crippen LogP contribution is -2.44. The van der Waals surface area contributed by atoms with E-state index in [4.69, 9.17) is 9.47 Å². The minimum Gasteiger partial charge on any atom is -0.465 e. The fraction of sp³-hybridized carbons (Fsp3) is 0.250. The number of hydrogen-bond acceptors (Lipinski definition) is 3. The average Bonchev–Trinajstić information content (AvgIpc) is 2.37. The average molecular weight is 601 g/mol. The van der Waals surface area contributed by atoms with Crippen LogP contribution in [-0.4, -0.2) is 17.6 Å². The van der Waals surface area contributed by atoms with E-state index in [1.165, 1.54) is 0 Å². The van der Waals surface area contributed by atoms with Crippen LogP contribution in [0.25, 0.3) is 0 Å². The maximum Gasteiger partial charge on any atom is 0.332 e. The molecule has 0 amide bonds. The van der Waals surface area contributed by atoms with E-state index in [9.17, 15) is 4.79 Å². The number of carbonyl (C=O) groups excluding carboxylic acids is 1. The molecule has 3 nitrogen and oxygen atoms in total. The fourth-order valence-corrected chi connectivity index (χ4v) is 4.52. The molecule has 0 heterocycles. The third-order valence-corrected chi connectivity index (χ3v) is 8.22. The molecule has 0 aliphatic rings. The van der Waals surface area contributed by atoms with Gasteiger partial charge < -0.3 is 9.47 Å². The van der Waals surface area contributed by atoms with Crippen LogP contribution < -0.4 is 4.74 Å². The molecule has 0 radical (unpaired) electrons. The first-order chi connectivity index (χ1) is 9.19. The van der Waals surface area contributed by atoms with Crippen molar-refractivity contribution in [3.8, 4) is 5.75 Å². The Morgan fingerprint density at radius 2 is 1.70 bits per heavy atom. The predicted octanol–water partition coefficient (Wildman–Crippen LogP) is 5.45. The maximum absolute atomic E-state index is 11.3. The summed E-state index contributed by atoms with van der Waals surface area (Å²) in [5, 5.41) is 0. The Morgan fingerprint density at radius 1 is 1.15 bits per heavy atom. The van der Waals surface area contributed by atoms with Gasteiger partial charge in [-0.2, -0.15) is 0 Å². The molecule has 0 fully saturated rings. The highest BCUT2D eigenvalue weighted by Crippen LogP contribution is 2.48. The van der Waals surface area contributed by atoms with Crippen LogP contribution in [0.15, 0.2) is 43.0 Å². The number of para-hydroxylation sites is 1. The smallest absolute Gasteiger partial charge is 0.332 e. The van der Waals surface area contributed by atoms with Crippen LogP contribution in [0.1, 0.15) is 0 Å². The van der Waals surface area contributed by atoms with Crippen LogP contribution >= 0.6 is 79.6 Å². The molecule has 1 aromatic carbocycles. The van der Waals surface area contributed by atoms with E-state index in [1.54, 1.807) is 12.1 Å².